The molecule has 0 saturated carbocycles. The summed E-state index contributed by atoms with van der Waals surface area (Å²) in [5.74, 6) is 1.16. The maximum Gasteiger partial charge on any atom is 0.225 e. The van der Waals surface area contributed by atoms with Gasteiger partial charge in [0, 0.05) is 18.8 Å². The van der Waals surface area contributed by atoms with Gasteiger partial charge in [-0.1, -0.05) is 0 Å². The van der Waals surface area contributed by atoms with Crippen molar-refractivity contribution in [1.82, 2.24) is 9.97 Å². The second-order valence-corrected chi connectivity index (χ2v) is 3.30. The highest BCUT2D eigenvalue weighted by molar-refractivity contribution is 5.31. The number of benzene rings is 1. The molecular weight excluding hydrogens is 221 g/mol. The standard InChI is InChI=1S/C12H12FN3O/c1-2-14-12-15-8-7-11(16-12)17-10-5-3-9(13)4-6-10/h3-8H,2H2,1H3,(H,14,15,16). The number of halogens is 1. The van der Waals surface area contributed by atoms with Gasteiger partial charge in [0.25, 0.3) is 0 Å². The van der Waals surface area contributed by atoms with E-state index < -0.39 is 0 Å². The van der Waals surface area contributed by atoms with Crippen LogP contribution in [-0.4, -0.2) is 16.5 Å². The van der Waals surface area contributed by atoms with Crippen LogP contribution in [0.1, 0.15) is 6.92 Å². The van der Waals surface area contributed by atoms with Crippen molar-refractivity contribution in [2.45, 2.75) is 6.92 Å². The van der Waals surface area contributed by atoms with E-state index in [0.29, 0.717) is 17.6 Å². The summed E-state index contributed by atoms with van der Waals surface area (Å²) in [6.07, 6.45) is 1.60. The Morgan fingerprint density at radius 2 is 2.00 bits per heavy atom. The van der Waals surface area contributed by atoms with Crippen LogP contribution in [-0.2, 0) is 0 Å². The van der Waals surface area contributed by atoms with Crippen LogP contribution >= 0.6 is 0 Å². The lowest BCUT2D eigenvalue weighted by molar-refractivity contribution is 0.460. The van der Waals surface area contributed by atoms with Crippen LogP contribution in [0.2, 0.25) is 0 Å². The quantitative estimate of drug-likeness (QED) is 0.882. The van der Waals surface area contributed by atoms with E-state index >= 15 is 0 Å². The molecule has 17 heavy (non-hydrogen) atoms. The molecule has 0 aliphatic rings. The Morgan fingerprint density at radius 1 is 1.24 bits per heavy atom. The largest absolute Gasteiger partial charge is 0.439 e. The van der Waals surface area contributed by atoms with Gasteiger partial charge >= 0.3 is 0 Å². The minimum absolute atomic E-state index is 0.298. The van der Waals surface area contributed by atoms with Crippen LogP contribution in [0.15, 0.2) is 36.5 Å². The third-order valence-corrected chi connectivity index (χ3v) is 2.00. The summed E-state index contributed by atoms with van der Waals surface area (Å²) in [6, 6.07) is 7.41. The fourth-order valence-corrected chi connectivity index (χ4v) is 1.27. The smallest absolute Gasteiger partial charge is 0.225 e. The number of nitrogens with one attached hydrogen (secondary N) is 1. The molecule has 1 aromatic carbocycles. The fraction of sp³-hybridized carbons (Fsp3) is 0.167. The summed E-state index contributed by atoms with van der Waals surface area (Å²) in [5, 5.41) is 2.98. The molecule has 0 amide bonds. The predicted octanol–water partition coefficient (Wildman–Crippen LogP) is 2.84. The first-order valence-corrected chi connectivity index (χ1v) is 5.28. The maximum atomic E-state index is 12.7. The van der Waals surface area contributed by atoms with Crippen molar-refractivity contribution >= 4 is 5.95 Å². The molecule has 1 N–H and O–H groups in total. The van der Waals surface area contributed by atoms with Gasteiger partial charge in [-0.2, -0.15) is 4.98 Å². The van der Waals surface area contributed by atoms with Crippen molar-refractivity contribution < 1.29 is 9.13 Å². The lowest BCUT2D eigenvalue weighted by atomic mass is 10.3. The molecule has 0 aliphatic heterocycles. The normalized spacial score (nSPS) is 10.0. The van der Waals surface area contributed by atoms with E-state index in [4.69, 9.17) is 4.74 Å². The van der Waals surface area contributed by atoms with Crippen LogP contribution in [0, 0.1) is 5.82 Å². The number of nitrogens with zero attached hydrogens (tertiary/aromatic N) is 2. The van der Waals surface area contributed by atoms with E-state index in [1.807, 2.05) is 6.92 Å². The lowest BCUT2D eigenvalue weighted by Gasteiger charge is -2.06. The van der Waals surface area contributed by atoms with Crippen LogP contribution in [0.5, 0.6) is 11.6 Å². The monoisotopic (exact) mass is 233 g/mol. The maximum absolute atomic E-state index is 12.7. The van der Waals surface area contributed by atoms with Gasteiger partial charge in [0.2, 0.25) is 11.8 Å². The highest BCUT2D eigenvalue weighted by Crippen LogP contribution is 2.19. The molecule has 0 atom stereocenters. The zero-order chi connectivity index (χ0) is 12.1. The van der Waals surface area contributed by atoms with Crippen molar-refractivity contribution in [3.05, 3.63) is 42.3 Å². The topological polar surface area (TPSA) is 47.0 Å². The van der Waals surface area contributed by atoms with E-state index in [9.17, 15) is 4.39 Å². The Bertz CT molecular complexity index is 487. The molecule has 0 saturated heterocycles. The number of anilines is 1. The molecule has 0 spiro atoms. The Balaban J connectivity index is 2.12. The molecular formula is C12H12FN3O. The molecule has 0 bridgehead atoms. The third kappa shape index (κ3) is 3.14. The van der Waals surface area contributed by atoms with Crippen molar-refractivity contribution in [2.24, 2.45) is 0 Å². The molecule has 0 fully saturated rings. The number of hydrogen-bond acceptors (Lipinski definition) is 4. The summed E-state index contributed by atoms with van der Waals surface area (Å²) >= 11 is 0. The fourth-order valence-electron chi connectivity index (χ4n) is 1.27. The number of aromatic nitrogens is 2. The average Bonchev–Trinajstić information content (AvgIpc) is 2.33. The molecule has 2 aromatic rings. The molecule has 0 unspecified atom stereocenters. The molecule has 1 heterocycles. The predicted molar refractivity (Wildman–Crippen MR) is 62.7 cm³/mol. The zero-order valence-corrected chi connectivity index (χ0v) is 9.35. The van der Waals surface area contributed by atoms with Crippen LogP contribution in [0.4, 0.5) is 10.3 Å². The second kappa shape index (κ2) is 5.25. The van der Waals surface area contributed by atoms with E-state index in [2.05, 4.69) is 15.3 Å². The van der Waals surface area contributed by atoms with Crippen molar-refractivity contribution in [2.75, 3.05) is 11.9 Å². The highest BCUT2D eigenvalue weighted by Gasteiger charge is 2.01. The van der Waals surface area contributed by atoms with Gasteiger partial charge < -0.3 is 10.1 Å². The first-order chi connectivity index (χ1) is 8.28. The molecule has 2 rings (SSSR count). The van der Waals surface area contributed by atoms with Gasteiger partial charge in [-0.05, 0) is 31.2 Å². The summed E-state index contributed by atoms with van der Waals surface area (Å²) in [4.78, 5) is 8.16. The molecule has 88 valence electrons. The van der Waals surface area contributed by atoms with E-state index in [1.165, 1.54) is 12.1 Å². The SMILES string of the molecule is CCNc1nccc(Oc2ccc(F)cc2)n1. The molecule has 0 radical (unpaired) electrons. The van der Waals surface area contributed by atoms with Crippen LogP contribution in [0.25, 0.3) is 0 Å². The first kappa shape index (κ1) is 11.3. The van der Waals surface area contributed by atoms with Gasteiger partial charge in [0.15, 0.2) is 0 Å². The number of rotatable bonds is 4. The summed E-state index contributed by atoms with van der Waals surface area (Å²) in [6.45, 7) is 2.69. The summed E-state index contributed by atoms with van der Waals surface area (Å²) in [7, 11) is 0. The second-order valence-electron chi connectivity index (χ2n) is 3.30. The van der Waals surface area contributed by atoms with Crippen molar-refractivity contribution in [3.8, 4) is 11.6 Å². The summed E-state index contributed by atoms with van der Waals surface area (Å²) in [5.41, 5.74) is 0. The van der Waals surface area contributed by atoms with E-state index in [-0.39, 0.29) is 5.82 Å². The molecule has 0 aliphatic carbocycles. The minimum atomic E-state index is -0.298. The van der Waals surface area contributed by atoms with Gasteiger partial charge in [-0.3, -0.25) is 0 Å². The van der Waals surface area contributed by atoms with Crippen molar-refractivity contribution in [3.63, 3.8) is 0 Å². The van der Waals surface area contributed by atoms with Crippen LogP contribution < -0.4 is 10.1 Å². The van der Waals surface area contributed by atoms with Crippen molar-refractivity contribution in [1.29, 1.82) is 0 Å². The molecule has 4 nitrogen and oxygen atoms in total. The summed E-state index contributed by atoms with van der Waals surface area (Å²) < 4.78 is 18.2. The minimum Gasteiger partial charge on any atom is -0.439 e. The zero-order valence-electron chi connectivity index (χ0n) is 9.35. The van der Waals surface area contributed by atoms with Gasteiger partial charge in [0.1, 0.15) is 11.6 Å². The number of ether oxygens (including phenoxy) is 1. The number of hydrogen-bond donors (Lipinski definition) is 1. The Hall–Kier alpha value is -2.17. The first-order valence-electron chi connectivity index (χ1n) is 5.28. The van der Waals surface area contributed by atoms with Crippen LogP contribution in [0.3, 0.4) is 0 Å². The Kier molecular flexibility index (Phi) is 3.49. The van der Waals surface area contributed by atoms with Gasteiger partial charge in [-0.15, -0.1) is 0 Å². The lowest BCUT2D eigenvalue weighted by Crippen LogP contribution is -2.02. The average molecular weight is 233 g/mol. The van der Waals surface area contributed by atoms with E-state index in [1.54, 1.807) is 24.4 Å². The molecule has 1 aromatic heterocycles. The molecule has 5 heteroatoms. The van der Waals surface area contributed by atoms with E-state index in [0.717, 1.165) is 6.54 Å². The van der Waals surface area contributed by atoms with Gasteiger partial charge in [0.05, 0.1) is 0 Å². The third-order valence-electron chi connectivity index (χ3n) is 2.00. The highest BCUT2D eigenvalue weighted by atomic mass is 19.1. The van der Waals surface area contributed by atoms with Gasteiger partial charge in [-0.25, -0.2) is 9.37 Å². The Labute approximate surface area is 98.5 Å². The Morgan fingerprint density at radius 3 is 2.71 bits per heavy atom.